The number of anilines is 1. The van der Waals surface area contributed by atoms with Gasteiger partial charge in [0.15, 0.2) is 0 Å². The number of benzene rings is 3. The number of aryl methyl sites for hydroxylation is 1. The first kappa shape index (κ1) is 23.2. The van der Waals surface area contributed by atoms with E-state index in [-0.39, 0.29) is 36.2 Å². The molecule has 2 heterocycles. The fourth-order valence-electron chi connectivity index (χ4n) is 4.54. The molecule has 5 rings (SSSR count). The van der Waals surface area contributed by atoms with Crippen molar-refractivity contribution in [3.05, 3.63) is 106 Å². The van der Waals surface area contributed by atoms with Crippen molar-refractivity contribution in [3.63, 3.8) is 0 Å². The Morgan fingerprint density at radius 1 is 0.833 bits per heavy atom. The minimum absolute atomic E-state index is 0.120. The van der Waals surface area contributed by atoms with Gasteiger partial charge in [-0.1, -0.05) is 36.4 Å². The van der Waals surface area contributed by atoms with Gasteiger partial charge in [-0.2, -0.15) is 0 Å². The van der Waals surface area contributed by atoms with Crippen molar-refractivity contribution in [2.75, 3.05) is 11.9 Å². The van der Waals surface area contributed by atoms with Crippen LogP contribution < -0.4 is 10.9 Å². The molecule has 3 aromatic carbocycles. The summed E-state index contributed by atoms with van der Waals surface area (Å²) < 4.78 is 1.62. The molecule has 8 nitrogen and oxygen atoms in total. The lowest BCUT2D eigenvalue weighted by Gasteiger charge is -2.17. The Bertz CT molecular complexity index is 1540. The molecule has 0 atom stereocenters. The maximum absolute atomic E-state index is 13.4. The highest BCUT2D eigenvalue weighted by atomic mass is 16.2. The van der Waals surface area contributed by atoms with Crippen molar-refractivity contribution in [3.8, 4) is 0 Å². The summed E-state index contributed by atoms with van der Waals surface area (Å²) in [5, 5.41) is 3.28. The predicted molar refractivity (Wildman–Crippen MR) is 136 cm³/mol. The molecule has 0 spiro atoms. The van der Waals surface area contributed by atoms with Crippen molar-refractivity contribution in [1.29, 1.82) is 0 Å². The maximum atomic E-state index is 13.4. The number of carbonyl (C=O) groups is 3. The summed E-state index contributed by atoms with van der Waals surface area (Å²) in [5.74, 6) is -0.314. The highest BCUT2D eigenvalue weighted by Crippen LogP contribution is 2.23. The van der Waals surface area contributed by atoms with Gasteiger partial charge in [-0.25, -0.2) is 4.98 Å². The lowest BCUT2D eigenvalue weighted by Crippen LogP contribution is -2.34. The minimum Gasteiger partial charge on any atom is -0.326 e. The quantitative estimate of drug-likeness (QED) is 0.409. The van der Waals surface area contributed by atoms with Gasteiger partial charge in [0.2, 0.25) is 5.91 Å². The number of hydrogen-bond donors (Lipinski definition) is 1. The number of amides is 3. The molecule has 1 aliphatic heterocycles. The van der Waals surface area contributed by atoms with Crippen LogP contribution in [0.3, 0.4) is 0 Å². The van der Waals surface area contributed by atoms with Crippen LogP contribution in [0.15, 0.2) is 77.6 Å². The molecule has 4 aromatic rings. The van der Waals surface area contributed by atoms with E-state index in [2.05, 4.69) is 5.32 Å². The third-order valence-corrected chi connectivity index (χ3v) is 6.25. The minimum atomic E-state index is -0.333. The van der Waals surface area contributed by atoms with Crippen molar-refractivity contribution in [2.45, 2.75) is 26.3 Å². The van der Waals surface area contributed by atoms with E-state index in [1.807, 2.05) is 30.3 Å². The monoisotopic (exact) mass is 480 g/mol. The van der Waals surface area contributed by atoms with Gasteiger partial charge in [0, 0.05) is 32.1 Å². The number of carbonyl (C=O) groups excluding carboxylic acids is 3. The van der Waals surface area contributed by atoms with Gasteiger partial charge in [0.1, 0.15) is 5.82 Å². The molecule has 3 amide bonds. The summed E-state index contributed by atoms with van der Waals surface area (Å²) in [5.41, 5.74) is 2.83. The van der Waals surface area contributed by atoms with Gasteiger partial charge in [0.25, 0.3) is 17.4 Å². The topological polar surface area (TPSA) is 101 Å². The predicted octanol–water partition coefficient (Wildman–Crippen LogP) is 3.44. The van der Waals surface area contributed by atoms with Crippen LogP contribution in [0.25, 0.3) is 10.9 Å². The summed E-state index contributed by atoms with van der Waals surface area (Å²) in [6.07, 6.45) is 0.783. The molecule has 0 radical (unpaired) electrons. The lowest BCUT2D eigenvalue weighted by molar-refractivity contribution is -0.114. The van der Waals surface area contributed by atoms with E-state index in [1.165, 1.54) is 11.8 Å². The number of nitrogens with zero attached hydrogens (tertiary/aromatic N) is 3. The third-order valence-electron chi connectivity index (χ3n) is 6.25. The highest BCUT2D eigenvalue weighted by Gasteiger charge is 2.34. The Kier molecular flexibility index (Phi) is 6.16. The van der Waals surface area contributed by atoms with Crippen LogP contribution in [0.5, 0.6) is 0 Å². The van der Waals surface area contributed by atoms with E-state index >= 15 is 0 Å². The Balaban J connectivity index is 1.42. The molecule has 1 N–H and O–H groups in total. The largest absolute Gasteiger partial charge is 0.326 e. The lowest BCUT2D eigenvalue weighted by atomic mass is 10.1. The van der Waals surface area contributed by atoms with Crippen LogP contribution in [0.4, 0.5) is 5.69 Å². The molecule has 8 heteroatoms. The average Bonchev–Trinajstić information content (AvgIpc) is 3.11. The highest BCUT2D eigenvalue weighted by molar-refractivity contribution is 6.21. The Morgan fingerprint density at radius 2 is 1.53 bits per heavy atom. The first-order valence-electron chi connectivity index (χ1n) is 11.7. The summed E-state index contributed by atoms with van der Waals surface area (Å²) in [6, 6.07) is 21.4. The van der Waals surface area contributed by atoms with Crippen LogP contribution in [0.2, 0.25) is 0 Å². The smallest absolute Gasteiger partial charge is 0.261 e. The molecule has 0 bridgehead atoms. The first-order valence-corrected chi connectivity index (χ1v) is 11.7. The molecular weight excluding hydrogens is 456 g/mol. The van der Waals surface area contributed by atoms with Crippen LogP contribution in [0.1, 0.15) is 39.0 Å². The maximum Gasteiger partial charge on any atom is 0.261 e. The number of fused-ring (bicyclic) bond motifs is 2. The molecule has 0 fully saturated rings. The van der Waals surface area contributed by atoms with Crippen LogP contribution in [-0.2, 0) is 24.2 Å². The van der Waals surface area contributed by atoms with Gasteiger partial charge in [-0.15, -0.1) is 0 Å². The standard InChI is InChI=1S/C28H24N4O4/c1-18(33)29-20-8-6-7-19(17-20)13-15-31-25(30-24-12-5-4-11-23(24)28(31)36)14-16-32-26(34)21-9-2-3-10-22(21)27(32)35/h2-12,17H,13-16H2,1H3,(H,29,33). The van der Waals surface area contributed by atoms with Gasteiger partial charge in [-0.05, 0) is 48.4 Å². The zero-order valence-corrected chi connectivity index (χ0v) is 19.7. The molecule has 0 unspecified atom stereocenters. The summed E-state index contributed by atoms with van der Waals surface area (Å²) in [4.78, 5) is 56.3. The second-order valence-corrected chi connectivity index (χ2v) is 8.69. The average molecular weight is 481 g/mol. The first-order chi connectivity index (χ1) is 17.4. The van der Waals surface area contributed by atoms with E-state index in [4.69, 9.17) is 4.98 Å². The molecule has 1 aliphatic rings. The number of para-hydroxylation sites is 1. The molecule has 0 saturated heterocycles. The van der Waals surface area contributed by atoms with Crippen LogP contribution >= 0.6 is 0 Å². The molecule has 1 aromatic heterocycles. The fourth-order valence-corrected chi connectivity index (χ4v) is 4.54. The van der Waals surface area contributed by atoms with Gasteiger partial charge < -0.3 is 5.32 Å². The molecule has 180 valence electrons. The van der Waals surface area contributed by atoms with Gasteiger partial charge in [-0.3, -0.25) is 28.6 Å². The van der Waals surface area contributed by atoms with Crippen molar-refractivity contribution in [2.24, 2.45) is 0 Å². The summed E-state index contributed by atoms with van der Waals surface area (Å²) in [7, 11) is 0. The van der Waals surface area contributed by atoms with Gasteiger partial charge in [0.05, 0.1) is 22.0 Å². The summed E-state index contributed by atoms with van der Waals surface area (Å²) >= 11 is 0. The van der Waals surface area contributed by atoms with Crippen LogP contribution in [0, 0.1) is 0 Å². The van der Waals surface area contributed by atoms with Gasteiger partial charge >= 0.3 is 0 Å². The Morgan fingerprint density at radius 3 is 2.25 bits per heavy atom. The van der Waals surface area contributed by atoms with Crippen molar-refractivity contribution < 1.29 is 14.4 Å². The summed E-state index contributed by atoms with van der Waals surface area (Å²) in [6.45, 7) is 1.93. The second-order valence-electron chi connectivity index (χ2n) is 8.69. The molecule has 0 saturated carbocycles. The Labute approximate surface area is 207 Å². The SMILES string of the molecule is CC(=O)Nc1cccc(CCn2c(CCN3C(=O)c4ccccc4C3=O)nc3ccccc3c2=O)c1. The van der Waals surface area contributed by atoms with E-state index in [0.717, 1.165) is 5.56 Å². The molecule has 0 aliphatic carbocycles. The number of aromatic nitrogens is 2. The van der Waals surface area contributed by atoms with Crippen molar-refractivity contribution >= 4 is 34.3 Å². The molecule has 36 heavy (non-hydrogen) atoms. The number of rotatable bonds is 7. The second kappa shape index (κ2) is 9.58. The molecular formula is C28H24N4O4. The third kappa shape index (κ3) is 4.40. The Hall–Kier alpha value is -4.59. The van der Waals surface area contributed by atoms with E-state index < -0.39 is 0 Å². The normalized spacial score (nSPS) is 12.8. The van der Waals surface area contributed by atoms with Crippen molar-refractivity contribution in [1.82, 2.24) is 14.5 Å². The number of hydrogen-bond acceptors (Lipinski definition) is 5. The number of nitrogens with one attached hydrogen (secondary N) is 1. The van der Waals surface area contributed by atoms with E-state index in [1.54, 1.807) is 47.0 Å². The van der Waals surface area contributed by atoms with E-state index in [0.29, 0.717) is 46.5 Å². The van der Waals surface area contributed by atoms with Crippen LogP contribution in [-0.4, -0.2) is 38.7 Å². The zero-order valence-electron chi connectivity index (χ0n) is 19.7. The number of imide groups is 1. The van der Waals surface area contributed by atoms with E-state index in [9.17, 15) is 19.2 Å². The zero-order chi connectivity index (χ0) is 25.2. The fraction of sp³-hybridized carbons (Fsp3) is 0.179.